The van der Waals surface area contributed by atoms with Gasteiger partial charge in [-0.05, 0) is 36.4 Å². The van der Waals surface area contributed by atoms with Crippen LogP contribution in [-0.4, -0.2) is 17.0 Å². The fraction of sp³-hybridized carbons (Fsp3) is 0.188. The molecule has 144 valence electrons. The third kappa shape index (κ3) is 4.94. The lowest BCUT2D eigenvalue weighted by Crippen LogP contribution is -2.48. The number of amides is 1. The second-order valence-corrected chi connectivity index (χ2v) is 6.00. The number of halogens is 4. The highest BCUT2D eigenvalue weighted by Gasteiger charge is 2.34. The number of nitro groups is 1. The maximum atomic E-state index is 12.8. The van der Waals surface area contributed by atoms with E-state index in [-0.39, 0.29) is 11.1 Å². The Morgan fingerprint density at radius 2 is 1.74 bits per heavy atom. The van der Waals surface area contributed by atoms with E-state index in [0.29, 0.717) is 17.2 Å². The predicted molar refractivity (Wildman–Crippen MR) is 91.9 cm³/mol. The zero-order chi connectivity index (χ0) is 20.4. The van der Waals surface area contributed by atoms with Crippen LogP contribution in [0.15, 0.2) is 42.5 Å². The van der Waals surface area contributed by atoms with Crippen molar-refractivity contribution in [3.63, 3.8) is 0 Å². The second-order valence-electron chi connectivity index (χ2n) is 5.56. The average Bonchev–Trinajstić information content (AvgIpc) is 2.60. The minimum Gasteiger partial charge on any atom is -0.335 e. The van der Waals surface area contributed by atoms with Crippen molar-refractivity contribution in [2.24, 2.45) is 11.5 Å². The number of nitrogens with two attached hydrogens (primary N) is 2. The molecule has 7 nitrogen and oxygen atoms in total. The van der Waals surface area contributed by atoms with Crippen LogP contribution in [0, 0.1) is 10.1 Å². The topological polar surface area (TPSA) is 124 Å². The first-order valence-corrected chi connectivity index (χ1v) is 7.81. The molecule has 2 rings (SSSR count). The Morgan fingerprint density at radius 3 is 2.26 bits per heavy atom. The Kier molecular flexibility index (Phi) is 6.04. The first-order valence-electron chi connectivity index (χ1n) is 7.44. The molecule has 0 saturated carbocycles. The average molecular weight is 403 g/mol. The standard InChI is InChI=1S/C16H14ClF3N4O3/c17-10-4-1-8(2-5-10)15(25)23-14(22)13(21)11-6-3-9(16(18,19)20)7-12(11)24(26)27/h1-7,13-14H,21-22H2,(H,23,25). The molecule has 2 aromatic rings. The molecule has 1 amide bonds. The molecule has 5 N–H and O–H groups in total. The molecule has 27 heavy (non-hydrogen) atoms. The molecule has 11 heteroatoms. The summed E-state index contributed by atoms with van der Waals surface area (Å²) in [6, 6.07) is 6.40. The first-order chi connectivity index (χ1) is 12.5. The summed E-state index contributed by atoms with van der Waals surface area (Å²) in [6.07, 6.45) is -6.04. The number of alkyl halides is 3. The molecule has 0 saturated heterocycles. The smallest absolute Gasteiger partial charge is 0.335 e. The Balaban J connectivity index is 2.25. The molecular weight excluding hydrogens is 389 g/mol. The highest BCUT2D eigenvalue weighted by molar-refractivity contribution is 6.30. The number of rotatable bonds is 5. The van der Waals surface area contributed by atoms with Crippen LogP contribution in [0.3, 0.4) is 0 Å². The lowest BCUT2D eigenvalue weighted by atomic mass is 10.0. The van der Waals surface area contributed by atoms with Crippen LogP contribution in [0.2, 0.25) is 5.02 Å². The van der Waals surface area contributed by atoms with E-state index in [2.05, 4.69) is 5.32 Å². The van der Waals surface area contributed by atoms with Gasteiger partial charge in [-0.2, -0.15) is 13.2 Å². The van der Waals surface area contributed by atoms with Crippen molar-refractivity contribution < 1.29 is 22.9 Å². The van der Waals surface area contributed by atoms with Gasteiger partial charge in [-0.25, -0.2) is 0 Å². The molecule has 0 spiro atoms. The van der Waals surface area contributed by atoms with E-state index in [1.54, 1.807) is 0 Å². The van der Waals surface area contributed by atoms with Crippen LogP contribution in [0.25, 0.3) is 0 Å². The van der Waals surface area contributed by atoms with Crippen LogP contribution >= 0.6 is 11.6 Å². The summed E-state index contributed by atoms with van der Waals surface area (Å²) < 4.78 is 38.3. The Bertz CT molecular complexity index is 859. The highest BCUT2D eigenvalue weighted by Crippen LogP contribution is 2.34. The van der Waals surface area contributed by atoms with E-state index < -0.39 is 40.5 Å². The fourth-order valence-corrected chi connectivity index (χ4v) is 2.41. The van der Waals surface area contributed by atoms with Gasteiger partial charge < -0.3 is 16.8 Å². The molecule has 2 atom stereocenters. The summed E-state index contributed by atoms with van der Waals surface area (Å²) >= 11 is 5.72. The molecule has 0 bridgehead atoms. The second kappa shape index (κ2) is 7.91. The van der Waals surface area contributed by atoms with Crippen molar-refractivity contribution in [2.75, 3.05) is 0 Å². The van der Waals surface area contributed by atoms with Crippen molar-refractivity contribution >= 4 is 23.2 Å². The van der Waals surface area contributed by atoms with Gasteiger partial charge in [-0.3, -0.25) is 14.9 Å². The summed E-state index contributed by atoms with van der Waals surface area (Å²) in [5, 5.41) is 13.9. The van der Waals surface area contributed by atoms with Gasteiger partial charge in [-0.15, -0.1) is 0 Å². The quantitative estimate of drug-likeness (QED) is 0.403. The van der Waals surface area contributed by atoms with Gasteiger partial charge in [0.1, 0.15) is 0 Å². The summed E-state index contributed by atoms with van der Waals surface area (Å²) in [4.78, 5) is 22.3. The number of benzene rings is 2. The Labute approximate surface area is 156 Å². The zero-order valence-corrected chi connectivity index (χ0v) is 14.3. The molecule has 0 heterocycles. The van der Waals surface area contributed by atoms with Gasteiger partial charge in [0.15, 0.2) is 0 Å². The van der Waals surface area contributed by atoms with Crippen LogP contribution in [-0.2, 0) is 6.18 Å². The number of nitrogens with zero attached hydrogens (tertiary/aromatic N) is 1. The lowest BCUT2D eigenvalue weighted by Gasteiger charge is -2.22. The van der Waals surface area contributed by atoms with Crippen molar-refractivity contribution in [2.45, 2.75) is 18.4 Å². The van der Waals surface area contributed by atoms with Crippen molar-refractivity contribution in [3.05, 3.63) is 74.3 Å². The van der Waals surface area contributed by atoms with Gasteiger partial charge in [0.2, 0.25) is 0 Å². The van der Waals surface area contributed by atoms with E-state index >= 15 is 0 Å². The third-order valence-electron chi connectivity index (χ3n) is 3.70. The third-order valence-corrected chi connectivity index (χ3v) is 3.96. The molecular formula is C16H14ClF3N4O3. The lowest BCUT2D eigenvalue weighted by molar-refractivity contribution is -0.386. The molecule has 0 aliphatic heterocycles. The summed E-state index contributed by atoms with van der Waals surface area (Å²) in [5.41, 5.74) is 9.57. The highest BCUT2D eigenvalue weighted by atomic mass is 35.5. The maximum Gasteiger partial charge on any atom is 0.416 e. The number of nitro benzene ring substituents is 1. The van der Waals surface area contributed by atoms with Gasteiger partial charge >= 0.3 is 6.18 Å². The number of hydrogen-bond acceptors (Lipinski definition) is 5. The number of carbonyl (C=O) groups excluding carboxylic acids is 1. The van der Waals surface area contributed by atoms with Gasteiger partial charge in [0.25, 0.3) is 11.6 Å². The molecule has 0 aromatic heterocycles. The van der Waals surface area contributed by atoms with E-state index in [4.69, 9.17) is 23.1 Å². The van der Waals surface area contributed by atoms with Crippen molar-refractivity contribution in [1.29, 1.82) is 0 Å². The molecule has 0 aliphatic rings. The molecule has 0 fully saturated rings. The molecule has 0 radical (unpaired) electrons. The van der Waals surface area contributed by atoms with Crippen LogP contribution < -0.4 is 16.8 Å². The van der Waals surface area contributed by atoms with E-state index in [0.717, 1.165) is 6.07 Å². The van der Waals surface area contributed by atoms with Crippen LogP contribution in [0.4, 0.5) is 18.9 Å². The van der Waals surface area contributed by atoms with Crippen molar-refractivity contribution in [3.8, 4) is 0 Å². The Morgan fingerprint density at radius 1 is 1.15 bits per heavy atom. The summed E-state index contributed by atoms with van der Waals surface area (Å²) in [5.74, 6) is -0.621. The molecule has 0 aliphatic carbocycles. The largest absolute Gasteiger partial charge is 0.416 e. The van der Waals surface area contributed by atoms with E-state index in [1.165, 1.54) is 24.3 Å². The van der Waals surface area contributed by atoms with E-state index in [9.17, 15) is 28.1 Å². The summed E-state index contributed by atoms with van der Waals surface area (Å²) in [7, 11) is 0. The fourth-order valence-electron chi connectivity index (χ4n) is 2.28. The monoisotopic (exact) mass is 402 g/mol. The normalized spacial score (nSPS) is 13.7. The summed E-state index contributed by atoms with van der Waals surface area (Å²) in [6.45, 7) is 0. The van der Waals surface area contributed by atoms with Crippen LogP contribution in [0.5, 0.6) is 0 Å². The van der Waals surface area contributed by atoms with Gasteiger partial charge in [-0.1, -0.05) is 11.6 Å². The number of hydrogen-bond donors (Lipinski definition) is 3. The number of carbonyl (C=O) groups is 1. The maximum absolute atomic E-state index is 12.8. The molecule has 2 aromatic carbocycles. The predicted octanol–water partition coefficient (Wildman–Crippen LogP) is 2.98. The SMILES string of the molecule is NC(NC(=O)c1ccc(Cl)cc1)C(N)c1ccc(C(F)(F)F)cc1[N+](=O)[O-]. The van der Waals surface area contributed by atoms with Crippen LogP contribution in [0.1, 0.15) is 27.5 Å². The van der Waals surface area contributed by atoms with Gasteiger partial charge in [0, 0.05) is 22.2 Å². The Hall–Kier alpha value is -2.69. The first kappa shape index (κ1) is 20.6. The van der Waals surface area contributed by atoms with E-state index in [1.807, 2.05) is 0 Å². The minimum absolute atomic E-state index is 0.212. The van der Waals surface area contributed by atoms with Crippen molar-refractivity contribution in [1.82, 2.24) is 5.32 Å². The zero-order valence-electron chi connectivity index (χ0n) is 13.5. The minimum atomic E-state index is -4.75. The van der Waals surface area contributed by atoms with Gasteiger partial charge in [0.05, 0.1) is 22.7 Å². The molecule has 2 unspecified atom stereocenters. The number of nitrogens with one attached hydrogen (secondary N) is 1.